The molecule has 0 spiro atoms. The summed E-state index contributed by atoms with van der Waals surface area (Å²) in [5.74, 6) is 0.479. The number of amides is 1. The summed E-state index contributed by atoms with van der Waals surface area (Å²) in [5.41, 5.74) is 1.83. The minimum atomic E-state index is -1.07. The lowest BCUT2D eigenvalue weighted by Gasteiger charge is -2.33. The standard InChI is InChI=1S/C27H29NO4S/c1-27(2,26(30)31-3)32-23-12-5-8-19(17-23)22-11-6-14-28(18-22)25(29)21-10-4-9-20(16-21)24-13-7-15-33-24/h4-5,7-10,12-13,15-17,22H,6,11,14,18H2,1-3H3. The van der Waals surface area contributed by atoms with Gasteiger partial charge in [-0.1, -0.05) is 30.3 Å². The third kappa shape index (κ3) is 5.28. The highest BCUT2D eigenvalue weighted by Crippen LogP contribution is 2.32. The Hall–Kier alpha value is -3.12. The Labute approximate surface area is 199 Å². The van der Waals surface area contributed by atoms with Crippen molar-refractivity contribution in [2.24, 2.45) is 0 Å². The molecular weight excluding hydrogens is 434 g/mol. The van der Waals surface area contributed by atoms with Crippen LogP contribution in [0, 0.1) is 0 Å². The molecule has 1 fully saturated rings. The van der Waals surface area contributed by atoms with Gasteiger partial charge in [0, 0.05) is 29.4 Å². The van der Waals surface area contributed by atoms with E-state index in [1.54, 1.807) is 25.2 Å². The zero-order chi connectivity index (χ0) is 23.4. The summed E-state index contributed by atoms with van der Waals surface area (Å²) in [4.78, 5) is 28.4. The van der Waals surface area contributed by atoms with Crippen LogP contribution >= 0.6 is 11.3 Å². The molecule has 6 heteroatoms. The van der Waals surface area contributed by atoms with Crippen LogP contribution in [0.25, 0.3) is 10.4 Å². The predicted octanol–water partition coefficient (Wildman–Crippen LogP) is 5.77. The number of carbonyl (C=O) groups is 2. The van der Waals surface area contributed by atoms with Gasteiger partial charge in [0.1, 0.15) is 5.75 Å². The molecule has 1 aliphatic heterocycles. The Morgan fingerprint density at radius 2 is 1.88 bits per heavy atom. The summed E-state index contributed by atoms with van der Waals surface area (Å²) in [6.07, 6.45) is 1.95. The second kappa shape index (κ2) is 9.79. The maximum atomic E-state index is 13.3. The molecule has 1 aliphatic rings. The van der Waals surface area contributed by atoms with Crippen LogP contribution in [0.5, 0.6) is 5.75 Å². The highest BCUT2D eigenvalue weighted by atomic mass is 32.1. The Kier molecular flexibility index (Phi) is 6.84. The molecule has 0 bridgehead atoms. The van der Waals surface area contributed by atoms with E-state index < -0.39 is 11.6 Å². The Balaban J connectivity index is 1.48. The number of piperidine rings is 1. The minimum Gasteiger partial charge on any atom is -0.476 e. The normalized spacial score (nSPS) is 16.3. The molecule has 4 rings (SSSR count). The van der Waals surface area contributed by atoms with Gasteiger partial charge in [-0.05, 0) is 73.5 Å². The number of carbonyl (C=O) groups excluding carboxylic acids is 2. The van der Waals surface area contributed by atoms with Crippen molar-refractivity contribution >= 4 is 23.2 Å². The SMILES string of the molecule is COC(=O)C(C)(C)Oc1cccc(C2CCCN(C(=O)c3cccc(-c4cccs4)c3)C2)c1. The maximum Gasteiger partial charge on any atom is 0.349 e. The number of hydrogen-bond donors (Lipinski definition) is 0. The molecule has 0 radical (unpaired) electrons. The predicted molar refractivity (Wildman–Crippen MR) is 131 cm³/mol. The number of ether oxygens (including phenoxy) is 2. The molecule has 0 N–H and O–H groups in total. The Bertz CT molecular complexity index is 1120. The van der Waals surface area contributed by atoms with Gasteiger partial charge in [-0.2, -0.15) is 0 Å². The molecule has 33 heavy (non-hydrogen) atoms. The summed E-state index contributed by atoms with van der Waals surface area (Å²) >= 11 is 1.67. The fourth-order valence-corrected chi connectivity index (χ4v) is 5.00. The molecule has 1 aromatic heterocycles. The monoisotopic (exact) mass is 463 g/mol. The van der Waals surface area contributed by atoms with Crippen LogP contribution in [0.2, 0.25) is 0 Å². The van der Waals surface area contributed by atoms with Gasteiger partial charge in [0.05, 0.1) is 7.11 Å². The number of esters is 1. The minimum absolute atomic E-state index is 0.0670. The molecule has 2 aromatic carbocycles. The van der Waals surface area contributed by atoms with Crippen molar-refractivity contribution in [3.63, 3.8) is 0 Å². The molecule has 0 aliphatic carbocycles. The molecule has 3 aromatic rings. The smallest absolute Gasteiger partial charge is 0.349 e. The van der Waals surface area contributed by atoms with E-state index in [0.717, 1.165) is 41.0 Å². The van der Waals surface area contributed by atoms with E-state index in [4.69, 9.17) is 9.47 Å². The molecular formula is C27H29NO4S. The first kappa shape index (κ1) is 23.1. The summed E-state index contributed by atoms with van der Waals surface area (Å²) in [6.45, 7) is 4.80. The number of thiophene rings is 1. The Morgan fingerprint density at radius 1 is 1.06 bits per heavy atom. The van der Waals surface area contributed by atoms with E-state index in [1.807, 2.05) is 58.8 Å². The molecule has 1 saturated heterocycles. The van der Waals surface area contributed by atoms with Gasteiger partial charge in [0.2, 0.25) is 0 Å². The van der Waals surface area contributed by atoms with Crippen molar-refractivity contribution in [2.75, 3.05) is 20.2 Å². The summed E-state index contributed by atoms with van der Waals surface area (Å²) in [5, 5.41) is 2.04. The first-order chi connectivity index (χ1) is 15.9. The van der Waals surface area contributed by atoms with E-state index in [1.165, 1.54) is 7.11 Å². The number of nitrogens with zero attached hydrogens (tertiary/aromatic N) is 1. The van der Waals surface area contributed by atoms with E-state index in [0.29, 0.717) is 12.3 Å². The molecule has 1 atom stereocenters. The van der Waals surface area contributed by atoms with Gasteiger partial charge >= 0.3 is 5.97 Å². The van der Waals surface area contributed by atoms with Crippen LogP contribution in [0.15, 0.2) is 66.0 Å². The summed E-state index contributed by atoms with van der Waals surface area (Å²) in [7, 11) is 1.35. The number of benzene rings is 2. The van der Waals surface area contributed by atoms with Crippen LogP contribution in [0.3, 0.4) is 0 Å². The number of likely N-dealkylation sites (tertiary alicyclic amines) is 1. The van der Waals surface area contributed by atoms with E-state index in [2.05, 4.69) is 12.1 Å². The summed E-state index contributed by atoms with van der Waals surface area (Å²) < 4.78 is 10.8. The zero-order valence-corrected chi connectivity index (χ0v) is 20.1. The van der Waals surface area contributed by atoms with Crippen molar-refractivity contribution in [3.05, 3.63) is 77.2 Å². The van der Waals surface area contributed by atoms with Crippen molar-refractivity contribution < 1.29 is 19.1 Å². The molecule has 0 saturated carbocycles. The van der Waals surface area contributed by atoms with Gasteiger partial charge in [-0.15, -0.1) is 11.3 Å². The van der Waals surface area contributed by atoms with E-state index in [9.17, 15) is 9.59 Å². The highest BCUT2D eigenvalue weighted by molar-refractivity contribution is 7.13. The average Bonchev–Trinajstić information content (AvgIpc) is 3.38. The lowest BCUT2D eigenvalue weighted by Crippen LogP contribution is -2.39. The zero-order valence-electron chi connectivity index (χ0n) is 19.2. The second-order valence-electron chi connectivity index (χ2n) is 8.82. The third-order valence-corrected chi connectivity index (χ3v) is 6.92. The fourth-order valence-electron chi connectivity index (χ4n) is 4.28. The first-order valence-electron chi connectivity index (χ1n) is 11.2. The molecule has 1 unspecified atom stereocenters. The van der Waals surface area contributed by atoms with Crippen LogP contribution in [-0.2, 0) is 9.53 Å². The number of methoxy groups -OCH3 is 1. The van der Waals surface area contributed by atoms with Crippen LogP contribution in [-0.4, -0.2) is 42.6 Å². The van der Waals surface area contributed by atoms with Crippen molar-refractivity contribution in [2.45, 2.75) is 38.2 Å². The summed E-state index contributed by atoms with van der Waals surface area (Å²) in [6, 6.07) is 19.8. The third-order valence-electron chi connectivity index (χ3n) is 6.00. The first-order valence-corrected chi connectivity index (χ1v) is 12.1. The van der Waals surface area contributed by atoms with Gasteiger partial charge in [-0.25, -0.2) is 4.79 Å². The number of hydrogen-bond acceptors (Lipinski definition) is 5. The fraction of sp³-hybridized carbons (Fsp3) is 0.333. The number of rotatable bonds is 6. The molecule has 1 amide bonds. The van der Waals surface area contributed by atoms with Crippen LogP contribution < -0.4 is 4.74 Å². The second-order valence-corrected chi connectivity index (χ2v) is 9.77. The van der Waals surface area contributed by atoms with Crippen molar-refractivity contribution in [1.29, 1.82) is 0 Å². The average molecular weight is 464 g/mol. The van der Waals surface area contributed by atoms with Crippen LogP contribution in [0.1, 0.15) is 48.5 Å². The lowest BCUT2D eigenvalue weighted by atomic mass is 9.90. The van der Waals surface area contributed by atoms with E-state index >= 15 is 0 Å². The quantitative estimate of drug-likeness (QED) is 0.436. The van der Waals surface area contributed by atoms with Crippen molar-refractivity contribution in [1.82, 2.24) is 4.90 Å². The molecule has 2 heterocycles. The van der Waals surface area contributed by atoms with Crippen molar-refractivity contribution in [3.8, 4) is 16.2 Å². The van der Waals surface area contributed by atoms with Gasteiger partial charge < -0.3 is 14.4 Å². The van der Waals surface area contributed by atoms with E-state index in [-0.39, 0.29) is 11.8 Å². The van der Waals surface area contributed by atoms with Gasteiger partial charge in [-0.3, -0.25) is 4.79 Å². The molecule has 5 nitrogen and oxygen atoms in total. The highest BCUT2D eigenvalue weighted by Gasteiger charge is 2.31. The largest absolute Gasteiger partial charge is 0.476 e. The lowest BCUT2D eigenvalue weighted by molar-refractivity contribution is -0.156. The van der Waals surface area contributed by atoms with Gasteiger partial charge in [0.25, 0.3) is 5.91 Å². The maximum absolute atomic E-state index is 13.3. The Morgan fingerprint density at radius 3 is 2.64 bits per heavy atom. The van der Waals surface area contributed by atoms with Gasteiger partial charge in [0.15, 0.2) is 5.60 Å². The molecule has 172 valence electrons. The van der Waals surface area contributed by atoms with Crippen LogP contribution in [0.4, 0.5) is 0 Å². The topological polar surface area (TPSA) is 55.8 Å².